The molecule has 0 bridgehead atoms. The molecule has 0 amide bonds. The van der Waals surface area contributed by atoms with E-state index in [1.54, 1.807) is 0 Å². The topological polar surface area (TPSA) is 20.2 Å². The summed E-state index contributed by atoms with van der Waals surface area (Å²) < 4.78 is 0. The molecule has 0 aromatic heterocycles. The van der Waals surface area contributed by atoms with Crippen molar-refractivity contribution in [3.05, 3.63) is 42.0 Å². The Kier molecular flexibility index (Phi) is 3.57. The zero-order valence-corrected chi connectivity index (χ0v) is 9.02. The molecule has 1 N–H and O–H groups in total. The molecule has 0 fully saturated rings. The van der Waals surface area contributed by atoms with Crippen molar-refractivity contribution < 1.29 is 5.11 Å². The largest absolute Gasteiger partial charge is 0.396 e. The van der Waals surface area contributed by atoms with E-state index in [0.29, 0.717) is 12.5 Å². The van der Waals surface area contributed by atoms with E-state index in [2.05, 4.69) is 36.4 Å². The monoisotopic (exact) mass is 202 g/mol. The molecule has 1 aromatic rings. The van der Waals surface area contributed by atoms with Crippen LogP contribution in [-0.2, 0) is 0 Å². The second-order valence-corrected chi connectivity index (χ2v) is 4.25. The first-order valence-corrected chi connectivity index (χ1v) is 5.75. The molecule has 2 rings (SSSR count). The minimum atomic E-state index is 0.333. The van der Waals surface area contributed by atoms with Gasteiger partial charge in [0, 0.05) is 6.61 Å². The van der Waals surface area contributed by atoms with Crippen molar-refractivity contribution in [2.75, 3.05) is 6.61 Å². The first-order chi connectivity index (χ1) is 7.40. The van der Waals surface area contributed by atoms with Gasteiger partial charge in [0.15, 0.2) is 0 Å². The predicted molar refractivity (Wildman–Crippen MR) is 63.5 cm³/mol. The van der Waals surface area contributed by atoms with Gasteiger partial charge >= 0.3 is 0 Å². The molecule has 1 aliphatic carbocycles. The molecular formula is C14H18O. The van der Waals surface area contributed by atoms with Gasteiger partial charge in [-0.1, -0.05) is 36.4 Å². The summed E-state index contributed by atoms with van der Waals surface area (Å²) in [5.41, 5.74) is 2.84. The zero-order chi connectivity index (χ0) is 10.5. The van der Waals surface area contributed by atoms with Crippen LogP contribution >= 0.6 is 0 Å². The van der Waals surface area contributed by atoms with Gasteiger partial charge in [0.1, 0.15) is 0 Å². The quantitative estimate of drug-likeness (QED) is 0.797. The highest BCUT2D eigenvalue weighted by Gasteiger charge is 2.14. The number of aliphatic hydroxyl groups excluding tert-OH is 1. The summed E-state index contributed by atoms with van der Waals surface area (Å²) in [5, 5.41) is 8.88. The van der Waals surface area contributed by atoms with Crippen molar-refractivity contribution in [1.82, 2.24) is 0 Å². The predicted octanol–water partition coefficient (Wildman–Crippen LogP) is 3.25. The molecule has 1 aromatic carbocycles. The molecule has 1 atom stereocenters. The number of aliphatic hydroxyl groups is 1. The van der Waals surface area contributed by atoms with Crippen molar-refractivity contribution in [1.29, 1.82) is 0 Å². The lowest BCUT2D eigenvalue weighted by Gasteiger charge is -2.21. The normalized spacial score (nSPS) is 21.1. The van der Waals surface area contributed by atoms with Crippen molar-refractivity contribution in [2.24, 2.45) is 5.92 Å². The summed E-state index contributed by atoms with van der Waals surface area (Å²) in [5.74, 6) is 0.697. The van der Waals surface area contributed by atoms with Crippen molar-refractivity contribution in [2.45, 2.75) is 25.7 Å². The highest BCUT2D eigenvalue weighted by Crippen LogP contribution is 2.31. The molecule has 1 heteroatoms. The molecule has 0 saturated carbocycles. The first kappa shape index (κ1) is 10.4. The van der Waals surface area contributed by atoms with Crippen LogP contribution in [0.25, 0.3) is 5.57 Å². The summed E-state index contributed by atoms with van der Waals surface area (Å²) in [7, 11) is 0. The van der Waals surface area contributed by atoms with Crippen LogP contribution in [0, 0.1) is 5.92 Å². The third-order valence-corrected chi connectivity index (χ3v) is 3.20. The third-order valence-electron chi connectivity index (χ3n) is 3.20. The van der Waals surface area contributed by atoms with Crippen LogP contribution in [-0.4, -0.2) is 11.7 Å². The molecule has 1 aliphatic rings. The van der Waals surface area contributed by atoms with Gasteiger partial charge in [-0.15, -0.1) is 0 Å². The van der Waals surface area contributed by atoms with Crippen LogP contribution in [0.15, 0.2) is 36.4 Å². The summed E-state index contributed by atoms with van der Waals surface area (Å²) in [6.45, 7) is 0.333. The van der Waals surface area contributed by atoms with Gasteiger partial charge < -0.3 is 5.11 Å². The van der Waals surface area contributed by atoms with E-state index in [1.165, 1.54) is 17.6 Å². The number of allylic oxidation sites excluding steroid dienone is 2. The molecule has 80 valence electrons. The fourth-order valence-corrected chi connectivity index (χ4v) is 2.25. The zero-order valence-electron chi connectivity index (χ0n) is 9.02. The maximum absolute atomic E-state index is 8.88. The third kappa shape index (κ3) is 2.69. The van der Waals surface area contributed by atoms with Gasteiger partial charge in [0.05, 0.1) is 0 Å². The lowest BCUT2D eigenvalue weighted by atomic mass is 9.85. The summed E-state index contributed by atoms with van der Waals surface area (Å²) in [6, 6.07) is 10.6. The number of rotatable bonds is 3. The number of hydrogen-bond donors (Lipinski definition) is 1. The fraction of sp³-hybridized carbons (Fsp3) is 0.429. The summed E-state index contributed by atoms with van der Waals surface area (Å²) in [4.78, 5) is 0. The van der Waals surface area contributed by atoms with Crippen LogP contribution in [0.1, 0.15) is 31.2 Å². The van der Waals surface area contributed by atoms with Crippen molar-refractivity contribution in [3.8, 4) is 0 Å². The van der Waals surface area contributed by atoms with E-state index >= 15 is 0 Å². The maximum Gasteiger partial charge on any atom is 0.0433 e. The molecule has 1 unspecified atom stereocenters. The van der Waals surface area contributed by atoms with Gasteiger partial charge in [-0.05, 0) is 42.7 Å². The van der Waals surface area contributed by atoms with Crippen molar-refractivity contribution in [3.63, 3.8) is 0 Å². The SMILES string of the molecule is OCCC1CC=C(c2ccccc2)CC1. The van der Waals surface area contributed by atoms with E-state index in [9.17, 15) is 0 Å². The fourth-order valence-electron chi connectivity index (χ4n) is 2.25. The second-order valence-electron chi connectivity index (χ2n) is 4.25. The van der Waals surface area contributed by atoms with Crippen LogP contribution < -0.4 is 0 Å². The first-order valence-electron chi connectivity index (χ1n) is 5.75. The lowest BCUT2D eigenvalue weighted by molar-refractivity contribution is 0.251. The minimum Gasteiger partial charge on any atom is -0.396 e. The van der Waals surface area contributed by atoms with Crippen LogP contribution in [0.5, 0.6) is 0 Å². The molecule has 1 nitrogen and oxygen atoms in total. The van der Waals surface area contributed by atoms with Gasteiger partial charge in [-0.2, -0.15) is 0 Å². The second kappa shape index (κ2) is 5.13. The molecule has 0 aliphatic heterocycles. The van der Waals surface area contributed by atoms with E-state index in [-0.39, 0.29) is 0 Å². The number of benzene rings is 1. The van der Waals surface area contributed by atoms with E-state index in [0.717, 1.165) is 19.3 Å². The summed E-state index contributed by atoms with van der Waals surface area (Å²) in [6.07, 6.45) is 6.82. The molecule has 15 heavy (non-hydrogen) atoms. The Hall–Kier alpha value is -1.08. The lowest BCUT2D eigenvalue weighted by Crippen LogP contribution is -2.07. The van der Waals surface area contributed by atoms with E-state index in [4.69, 9.17) is 5.11 Å². The maximum atomic E-state index is 8.88. The van der Waals surface area contributed by atoms with E-state index in [1.807, 2.05) is 0 Å². The Labute approximate surface area is 91.4 Å². The highest BCUT2D eigenvalue weighted by molar-refractivity contribution is 5.66. The molecule has 0 spiro atoms. The summed E-state index contributed by atoms with van der Waals surface area (Å²) >= 11 is 0. The van der Waals surface area contributed by atoms with Crippen molar-refractivity contribution >= 4 is 5.57 Å². The molecule has 0 heterocycles. The van der Waals surface area contributed by atoms with Gasteiger partial charge in [0.2, 0.25) is 0 Å². The molecular weight excluding hydrogens is 184 g/mol. The Morgan fingerprint density at radius 2 is 2.00 bits per heavy atom. The van der Waals surface area contributed by atoms with Crippen LogP contribution in [0.3, 0.4) is 0 Å². The Bertz CT molecular complexity index is 326. The Morgan fingerprint density at radius 1 is 1.20 bits per heavy atom. The van der Waals surface area contributed by atoms with Crippen LogP contribution in [0.4, 0.5) is 0 Å². The minimum absolute atomic E-state index is 0.333. The van der Waals surface area contributed by atoms with Gasteiger partial charge in [0.25, 0.3) is 0 Å². The average molecular weight is 202 g/mol. The number of hydrogen-bond acceptors (Lipinski definition) is 1. The smallest absolute Gasteiger partial charge is 0.0433 e. The molecule has 0 saturated heterocycles. The van der Waals surface area contributed by atoms with Gasteiger partial charge in [-0.25, -0.2) is 0 Å². The van der Waals surface area contributed by atoms with E-state index < -0.39 is 0 Å². The average Bonchev–Trinajstić information content (AvgIpc) is 2.32. The standard InChI is InChI=1S/C14H18O/c15-11-10-12-6-8-14(9-7-12)13-4-2-1-3-5-13/h1-5,8,12,15H,6-7,9-11H2. The highest BCUT2D eigenvalue weighted by atomic mass is 16.3. The van der Waals surface area contributed by atoms with Gasteiger partial charge in [-0.3, -0.25) is 0 Å². The van der Waals surface area contributed by atoms with Crippen LogP contribution in [0.2, 0.25) is 0 Å². The Balaban J connectivity index is 2.02. The molecule has 0 radical (unpaired) electrons. The Morgan fingerprint density at radius 3 is 2.60 bits per heavy atom.